The summed E-state index contributed by atoms with van der Waals surface area (Å²) in [6.45, 7) is 3.71. The topological polar surface area (TPSA) is 93.7 Å². The Balaban J connectivity index is 1.61. The zero-order valence-electron chi connectivity index (χ0n) is 19.1. The Kier molecular flexibility index (Phi) is 7.60. The van der Waals surface area contributed by atoms with Crippen molar-refractivity contribution >= 4 is 27.3 Å². The van der Waals surface area contributed by atoms with Gasteiger partial charge >= 0.3 is 0 Å². The lowest BCUT2D eigenvalue weighted by Gasteiger charge is -2.13. The Bertz CT molecular complexity index is 1220. The molecule has 174 valence electrons. The Labute approximate surface area is 194 Å². The number of nitrogens with one attached hydrogen (secondary N) is 2. The molecule has 3 aromatic carbocycles. The molecule has 0 radical (unpaired) electrons. The molecule has 33 heavy (non-hydrogen) atoms. The summed E-state index contributed by atoms with van der Waals surface area (Å²) in [7, 11) is -0.611. The zero-order chi connectivity index (χ0) is 24.0. The maximum atomic E-state index is 12.8. The number of carbonyl (C=O) groups excluding carboxylic acids is 1. The number of ether oxygens (including phenoxy) is 2. The number of rotatable bonds is 9. The van der Waals surface area contributed by atoms with Gasteiger partial charge in [-0.25, -0.2) is 8.42 Å². The molecule has 0 bridgehead atoms. The summed E-state index contributed by atoms with van der Waals surface area (Å²) in [5, 5.41) is 2.80. The molecule has 0 aliphatic heterocycles. The van der Waals surface area contributed by atoms with Gasteiger partial charge in [0.15, 0.2) is 11.5 Å². The normalized spacial score (nSPS) is 11.0. The third-order valence-electron chi connectivity index (χ3n) is 5.25. The minimum Gasteiger partial charge on any atom is -0.493 e. The van der Waals surface area contributed by atoms with Crippen LogP contribution in [0.1, 0.15) is 23.1 Å². The average Bonchev–Trinajstić information content (AvgIpc) is 2.80. The third-order valence-corrected chi connectivity index (χ3v) is 6.62. The highest BCUT2D eigenvalue weighted by atomic mass is 32.2. The summed E-state index contributed by atoms with van der Waals surface area (Å²) in [6.07, 6.45) is 0.794. The first kappa shape index (κ1) is 24.1. The fourth-order valence-corrected chi connectivity index (χ4v) is 4.61. The van der Waals surface area contributed by atoms with E-state index in [4.69, 9.17) is 9.47 Å². The first-order chi connectivity index (χ1) is 15.7. The van der Waals surface area contributed by atoms with Gasteiger partial charge < -0.3 is 14.8 Å². The molecule has 2 N–H and O–H groups in total. The highest BCUT2D eigenvalue weighted by Crippen LogP contribution is 2.28. The Morgan fingerprint density at radius 3 is 2.12 bits per heavy atom. The van der Waals surface area contributed by atoms with Crippen LogP contribution in [0.25, 0.3) is 0 Å². The summed E-state index contributed by atoms with van der Waals surface area (Å²) in [5.74, 6) is 1.07. The minimum atomic E-state index is -3.75. The molecule has 0 saturated carbocycles. The van der Waals surface area contributed by atoms with Gasteiger partial charge in [0, 0.05) is 12.1 Å². The first-order valence-electron chi connectivity index (χ1n) is 10.4. The number of sulfonamides is 1. The van der Waals surface area contributed by atoms with Gasteiger partial charge in [0.05, 0.1) is 24.8 Å². The van der Waals surface area contributed by atoms with Crippen LogP contribution in [-0.2, 0) is 21.2 Å². The van der Waals surface area contributed by atoms with Crippen molar-refractivity contribution in [3.05, 3.63) is 77.4 Å². The fourth-order valence-electron chi connectivity index (χ4n) is 3.40. The molecule has 0 aromatic heterocycles. The van der Waals surface area contributed by atoms with Crippen LogP contribution in [0, 0.1) is 13.8 Å². The van der Waals surface area contributed by atoms with Gasteiger partial charge in [-0.05, 0) is 73.4 Å². The van der Waals surface area contributed by atoms with Crippen molar-refractivity contribution in [1.82, 2.24) is 0 Å². The van der Waals surface area contributed by atoms with Crippen molar-refractivity contribution in [2.45, 2.75) is 31.6 Å². The van der Waals surface area contributed by atoms with E-state index in [0.29, 0.717) is 29.3 Å². The molecule has 0 aliphatic carbocycles. The lowest BCUT2D eigenvalue weighted by molar-refractivity contribution is -0.116. The maximum Gasteiger partial charge on any atom is 0.261 e. The largest absolute Gasteiger partial charge is 0.493 e. The van der Waals surface area contributed by atoms with Gasteiger partial charge in [-0.3, -0.25) is 9.52 Å². The molecule has 0 heterocycles. The number of aryl methyl sites for hydroxylation is 3. The number of amides is 1. The SMILES string of the molecule is COc1ccc(CCC(=O)Nc2ccc(S(=O)(=O)Nc3c(C)cccc3C)cc2)cc1OC. The van der Waals surface area contributed by atoms with Crippen LogP contribution < -0.4 is 19.5 Å². The predicted molar refractivity (Wildman–Crippen MR) is 130 cm³/mol. The summed E-state index contributed by atoms with van der Waals surface area (Å²) < 4.78 is 38.7. The lowest BCUT2D eigenvalue weighted by Crippen LogP contribution is -2.15. The van der Waals surface area contributed by atoms with E-state index >= 15 is 0 Å². The van der Waals surface area contributed by atoms with Crippen LogP contribution in [0.15, 0.2) is 65.6 Å². The molecular formula is C25H28N2O5S. The van der Waals surface area contributed by atoms with Crippen LogP contribution >= 0.6 is 0 Å². The quantitative estimate of drug-likeness (QED) is 0.475. The molecule has 0 fully saturated rings. The molecule has 3 aromatic rings. The smallest absolute Gasteiger partial charge is 0.261 e. The van der Waals surface area contributed by atoms with Crippen LogP contribution in [0.3, 0.4) is 0 Å². The van der Waals surface area contributed by atoms with E-state index in [1.54, 1.807) is 32.4 Å². The van der Waals surface area contributed by atoms with Gasteiger partial charge in [0.1, 0.15) is 0 Å². The summed E-state index contributed by atoms with van der Waals surface area (Å²) in [6, 6.07) is 17.2. The zero-order valence-corrected chi connectivity index (χ0v) is 20.0. The number of carbonyl (C=O) groups is 1. The highest BCUT2D eigenvalue weighted by molar-refractivity contribution is 7.92. The predicted octanol–water partition coefficient (Wildman–Crippen LogP) is 4.69. The van der Waals surface area contributed by atoms with Crippen molar-refractivity contribution in [3.63, 3.8) is 0 Å². The average molecular weight is 469 g/mol. The fraction of sp³-hybridized carbons (Fsp3) is 0.240. The molecule has 0 atom stereocenters. The molecule has 0 spiro atoms. The molecule has 7 nitrogen and oxygen atoms in total. The van der Waals surface area contributed by atoms with Crippen molar-refractivity contribution in [2.24, 2.45) is 0 Å². The van der Waals surface area contributed by atoms with Gasteiger partial charge in [-0.15, -0.1) is 0 Å². The van der Waals surface area contributed by atoms with E-state index in [1.807, 2.05) is 44.2 Å². The van der Waals surface area contributed by atoms with E-state index in [-0.39, 0.29) is 17.2 Å². The van der Waals surface area contributed by atoms with E-state index in [2.05, 4.69) is 10.0 Å². The van der Waals surface area contributed by atoms with E-state index in [9.17, 15) is 13.2 Å². The van der Waals surface area contributed by atoms with Crippen molar-refractivity contribution in [1.29, 1.82) is 0 Å². The number of methoxy groups -OCH3 is 2. The number of para-hydroxylation sites is 1. The Morgan fingerprint density at radius 2 is 1.52 bits per heavy atom. The van der Waals surface area contributed by atoms with Crippen LogP contribution in [0.5, 0.6) is 11.5 Å². The molecule has 1 amide bonds. The Morgan fingerprint density at radius 1 is 0.879 bits per heavy atom. The second-order valence-electron chi connectivity index (χ2n) is 7.63. The second kappa shape index (κ2) is 10.4. The molecule has 0 unspecified atom stereocenters. The van der Waals surface area contributed by atoms with E-state index in [1.165, 1.54) is 12.1 Å². The minimum absolute atomic E-state index is 0.119. The highest BCUT2D eigenvalue weighted by Gasteiger charge is 2.17. The van der Waals surface area contributed by atoms with Crippen LogP contribution in [-0.4, -0.2) is 28.5 Å². The molecule has 8 heteroatoms. The van der Waals surface area contributed by atoms with Gasteiger partial charge in [0.2, 0.25) is 5.91 Å². The van der Waals surface area contributed by atoms with Gasteiger partial charge in [0.25, 0.3) is 10.0 Å². The van der Waals surface area contributed by atoms with Gasteiger partial charge in [-0.2, -0.15) is 0 Å². The van der Waals surface area contributed by atoms with Crippen LogP contribution in [0.2, 0.25) is 0 Å². The van der Waals surface area contributed by atoms with E-state index in [0.717, 1.165) is 16.7 Å². The molecule has 0 aliphatic rings. The van der Waals surface area contributed by atoms with Crippen molar-refractivity contribution in [2.75, 3.05) is 24.3 Å². The Hall–Kier alpha value is -3.52. The maximum absolute atomic E-state index is 12.8. The number of hydrogen-bond acceptors (Lipinski definition) is 5. The molecular weight excluding hydrogens is 440 g/mol. The lowest BCUT2D eigenvalue weighted by atomic mass is 10.1. The number of benzene rings is 3. The first-order valence-corrected chi connectivity index (χ1v) is 11.9. The second-order valence-corrected chi connectivity index (χ2v) is 9.32. The van der Waals surface area contributed by atoms with Crippen molar-refractivity contribution in [3.8, 4) is 11.5 Å². The molecule has 3 rings (SSSR count). The summed E-state index contributed by atoms with van der Waals surface area (Å²) >= 11 is 0. The number of hydrogen-bond donors (Lipinski definition) is 2. The van der Waals surface area contributed by atoms with E-state index < -0.39 is 10.0 Å². The monoisotopic (exact) mass is 468 g/mol. The summed E-state index contributed by atoms with van der Waals surface area (Å²) in [5.41, 5.74) is 3.74. The molecule has 0 saturated heterocycles. The van der Waals surface area contributed by atoms with Crippen LogP contribution in [0.4, 0.5) is 11.4 Å². The third kappa shape index (κ3) is 6.04. The van der Waals surface area contributed by atoms with Gasteiger partial charge in [-0.1, -0.05) is 24.3 Å². The van der Waals surface area contributed by atoms with Crippen molar-refractivity contribution < 1.29 is 22.7 Å². The number of anilines is 2. The summed E-state index contributed by atoms with van der Waals surface area (Å²) in [4.78, 5) is 12.5. The standard InChI is InChI=1S/C25H28N2O5S/c1-17-6-5-7-18(2)25(17)27-33(29,30)21-12-10-20(11-13-21)26-24(28)15-9-19-8-14-22(31-3)23(16-19)32-4/h5-8,10-14,16,27H,9,15H2,1-4H3,(H,26,28).